The van der Waals surface area contributed by atoms with E-state index in [9.17, 15) is 4.79 Å². The number of benzene rings is 3. The molecule has 0 bridgehead atoms. The highest BCUT2D eigenvalue weighted by atomic mass is 16.1. The number of aromatic nitrogens is 3. The molecule has 0 saturated carbocycles. The maximum absolute atomic E-state index is 12.6. The lowest BCUT2D eigenvalue weighted by Gasteiger charge is -2.09. The summed E-state index contributed by atoms with van der Waals surface area (Å²) >= 11 is 0. The second-order valence-electron chi connectivity index (χ2n) is 7.27. The lowest BCUT2D eigenvalue weighted by Crippen LogP contribution is -2.12. The molecule has 0 spiro atoms. The Balaban J connectivity index is 1.50. The number of anilines is 1. The number of hydrogen-bond donors (Lipinski definition) is 1. The van der Waals surface area contributed by atoms with E-state index in [0.717, 1.165) is 28.2 Å². The predicted octanol–water partition coefficient (Wildman–Crippen LogP) is 5.85. The van der Waals surface area contributed by atoms with E-state index >= 15 is 0 Å². The average molecular weight is 416 g/mol. The van der Waals surface area contributed by atoms with E-state index in [2.05, 4.69) is 28.5 Å². The quantitative estimate of drug-likeness (QED) is 0.391. The van der Waals surface area contributed by atoms with Crippen molar-refractivity contribution in [1.82, 2.24) is 14.8 Å². The Kier molecular flexibility index (Phi) is 5.29. The Bertz CT molecular complexity index is 1330. The van der Waals surface area contributed by atoms with E-state index in [4.69, 9.17) is 5.10 Å². The highest BCUT2D eigenvalue weighted by molar-refractivity contribution is 6.03. The number of amides is 1. The highest BCUT2D eigenvalue weighted by Crippen LogP contribution is 2.28. The summed E-state index contributed by atoms with van der Waals surface area (Å²) in [6.07, 6.45) is 1.64. The van der Waals surface area contributed by atoms with Crippen molar-refractivity contribution in [2.24, 2.45) is 0 Å². The third-order valence-corrected chi connectivity index (χ3v) is 5.13. The Hall–Kier alpha value is -4.51. The van der Waals surface area contributed by atoms with Gasteiger partial charge in [-0.2, -0.15) is 5.10 Å². The van der Waals surface area contributed by atoms with Gasteiger partial charge in [0.1, 0.15) is 5.82 Å². The molecule has 5 rings (SSSR count). The molecule has 0 saturated heterocycles. The van der Waals surface area contributed by atoms with Crippen LogP contribution < -0.4 is 5.32 Å². The topological polar surface area (TPSA) is 59.8 Å². The molecule has 3 aromatic carbocycles. The third-order valence-electron chi connectivity index (χ3n) is 5.13. The zero-order valence-electron chi connectivity index (χ0n) is 17.2. The van der Waals surface area contributed by atoms with Crippen LogP contribution in [0.15, 0.2) is 115 Å². The minimum atomic E-state index is -0.205. The van der Waals surface area contributed by atoms with Gasteiger partial charge < -0.3 is 5.32 Å². The molecule has 1 amide bonds. The predicted molar refractivity (Wildman–Crippen MR) is 127 cm³/mol. The van der Waals surface area contributed by atoms with Crippen LogP contribution in [0.25, 0.3) is 28.2 Å². The van der Waals surface area contributed by atoms with Gasteiger partial charge in [0.05, 0.1) is 17.1 Å². The lowest BCUT2D eigenvalue weighted by molar-refractivity contribution is 0.102. The minimum Gasteiger partial charge on any atom is -0.307 e. The third kappa shape index (κ3) is 4.04. The molecular weight excluding hydrogens is 396 g/mol. The number of nitrogens with zero attached hydrogens (tertiary/aromatic N) is 3. The second-order valence-corrected chi connectivity index (χ2v) is 7.27. The first kappa shape index (κ1) is 19.5. The van der Waals surface area contributed by atoms with Crippen molar-refractivity contribution in [2.45, 2.75) is 0 Å². The second kappa shape index (κ2) is 8.70. The molecule has 1 N–H and O–H groups in total. The Morgan fingerprint density at radius 2 is 1.38 bits per heavy atom. The Morgan fingerprint density at radius 3 is 2.03 bits per heavy atom. The molecule has 0 fully saturated rings. The summed E-state index contributed by atoms with van der Waals surface area (Å²) in [7, 11) is 0. The molecule has 0 aliphatic rings. The van der Waals surface area contributed by atoms with Gasteiger partial charge in [0.25, 0.3) is 5.91 Å². The maximum atomic E-state index is 12.6. The van der Waals surface area contributed by atoms with Gasteiger partial charge in [0, 0.05) is 22.9 Å². The molecule has 0 aliphatic carbocycles. The van der Waals surface area contributed by atoms with Crippen molar-refractivity contribution in [3.63, 3.8) is 0 Å². The van der Waals surface area contributed by atoms with Gasteiger partial charge in [-0.05, 0) is 42.5 Å². The summed E-state index contributed by atoms with van der Waals surface area (Å²) in [6.45, 7) is 0. The van der Waals surface area contributed by atoms with Gasteiger partial charge in [0.15, 0.2) is 0 Å². The van der Waals surface area contributed by atoms with Gasteiger partial charge in [-0.25, -0.2) is 9.67 Å². The van der Waals surface area contributed by atoms with Crippen LogP contribution in [-0.2, 0) is 0 Å². The van der Waals surface area contributed by atoms with Gasteiger partial charge in [-0.3, -0.25) is 4.79 Å². The van der Waals surface area contributed by atoms with E-state index in [1.165, 1.54) is 0 Å². The Morgan fingerprint density at radius 1 is 0.719 bits per heavy atom. The summed E-state index contributed by atoms with van der Waals surface area (Å²) < 4.78 is 1.91. The maximum Gasteiger partial charge on any atom is 0.256 e. The number of carbonyl (C=O) groups is 1. The van der Waals surface area contributed by atoms with Crippen LogP contribution in [0.4, 0.5) is 5.82 Å². The fraction of sp³-hybridized carbons (Fsp3) is 0. The molecule has 0 aliphatic heterocycles. The van der Waals surface area contributed by atoms with Crippen molar-refractivity contribution in [3.05, 3.63) is 121 Å². The SMILES string of the molecule is O=C(Nc1ccccn1)c1ccc(-n2nc(-c3ccccc3)cc2-c2ccccc2)cc1. The van der Waals surface area contributed by atoms with Crippen molar-refractivity contribution in [2.75, 3.05) is 5.32 Å². The molecule has 5 heteroatoms. The zero-order chi connectivity index (χ0) is 21.8. The molecule has 5 aromatic rings. The summed E-state index contributed by atoms with van der Waals surface area (Å²) in [5.41, 5.74) is 5.42. The van der Waals surface area contributed by atoms with Crippen molar-refractivity contribution in [1.29, 1.82) is 0 Å². The fourth-order valence-corrected chi connectivity index (χ4v) is 3.52. The fourth-order valence-electron chi connectivity index (χ4n) is 3.52. The molecular formula is C27H20N4O. The summed E-state index contributed by atoms with van der Waals surface area (Å²) in [5, 5.41) is 7.68. The molecule has 32 heavy (non-hydrogen) atoms. The van der Waals surface area contributed by atoms with Crippen LogP contribution in [0.2, 0.25) is 0 Å². The molecule has 0 radical (unpaired) electrons. The summed E-state index contributed by atoms with van der Waals surface area (Å²) in [6, 6.07) is 35.1. The molecule has 5 nitrogen and oxygen atoms in total. The smallest absolute Gasteiger partial charge is 0.256 e. The van der Waals surface area contributed by atoms with E-state index in [1.54, 1.807) is 24.4 Å². The summed E-state index contributed by atoms with van der Waals surface area (Å²) in [5.74, 6) is 0.316. The zero-order valence-corrected chi connectivity index (χ0v) is 17.2. The molecule has 0 atom stereocenters. The first-order chi connectivity index (χ1) is 15.8. The first-order valence-corrected chi connectivity index (χ1v) is 10.3. The Labute approximate surface area is 186 Å². The van der Waals surface area contributed by atoms with Gasteiger partial charge in [0.2, 0.25) is 0 Å². The number of pyridine rings is 1. The summed E-state index contributed by atoms with van der Waals surface area (Å²) in [4.78, 5) is 16.7. The van der Waals surface area contributed by atoms with Crippen LogP contribution in [0.3, 0.4) is 0 Å². The molecule has 154 valence electrons. The number of hydrogen-bond acceptors (Lipinski definition) is 3. The van der Waals surface area contributed by atoms with Crippen molar-refractivity contribution in [3.8, 4) is 28.2 Å². The van der Waals surface area contributed by atoms with Crippen LogP contribution in [-0.4, -0.2) is 20.7 Å². The minimum absolute atomic E-state index is 0.205. The average Bonchev–Trinajstić information content (AvgIpc) is 3.31. The monoisotopic (exact) mass is 416 g/mol. The standard InChI is InChI=1S/C27H20N4O/c32-27(29-26-13-7-8-18-28-26)22-14-16-23(17-15-22)31-25(21-11-5-2-6-12-21)19-24(30-31)20-9-3-1-4-10-20/h1-19H,(H,28,29,32). The van der Waals surface area contributed by atoms with Crippen LogP contribution in [0, 0.1) is 0 Å². The van der Waals surface area contributed by atoms with E-state index in [1.807, 2.05) is 77.5 Å². The normalized spacial score (nSPS) is 10.6. The molecule has 0 unspecified atom stereocenters. The van der Waals surface area contributed by atoms with E-state index < -0.39 is 0 Å². The van der Waals surface area contributed by atoms with E-state index in [-0.39, 0.29) is 5.91 Å². The van der Waals surface area contributed by atoms with Crippen LogP contribution in [0.1, 0.15) is 10.4 Å². The largest absolute Gasteiger partial charge is 0.307 e. The van der Waals surface area contributed by atoms with Crippen LogP contribution in [0.5, 0.6) is 0 Å². The van der Waals surface area contributed by atoms with Gasteiger partial charge in [-0.1, -0.05) is 66.7 Å². The lowest BCUT2D eigenvalue weighted by atomic mass is 10.1. The van der Waals surface area contributed by atoms with E-state index in [0.29, 0.717) is 11.4 Å². The van der Waals surface area contributed by atoms with Crippen molar-refractivity contribution < 1.29 is 4.79 Å². The molecule has 2 heterocycles. The molecule has 2 aromatic heterocycles. The van der Waals surface area contributed by atoms with Crippen LogP contribution >= 0.6 is 0 Å². The van der Waals surface area contributed by atoms with Crippen molar-refractivity contribution >= 4 is 11.7 Å². The first-order valence-electron chi connectivity index (χ1n) is 10.3. The highest BCUT2D eigenvalue weighted by Gasteiger charge is 2.14. The number of rotatable bonds is 5. The van der Waals surface area contributed by atoms with Gasteiger partial charge in [-0.15, -0.1) is 0 Å². The number of nitrogens with one attached hydrogen (secondary N) is 1. The van der Waals surface area contributed by atoms with Gasteiger partial charge >= 0.3 is 0 Å². The number of carbonyl (C=O) groups excluding carboxylic acids is 1.